The summed E-state index contributed by atoms with van der Waals surface area (Å²) < 4.78 is 0. The van der Waals surface area contributed by atoms with Crippen molar-refractivity contribution in [2.24, 2.45) is 0 Å². The fourth-order valence-electron chi connectivity index (χ4n) is 11.1. The van der Waals surface area contributed by atoms with E-state index in [9.17, 15) is 0 Å². The Kier molecular flexibility index (Phi) is 9.42. The van der Waals surface area contributed by atoms with Gasteiger partial charge in [0.25, 0.3) is 0 Å². The van der Waals surface area contributed by atoms with Gasteiger partial charge in [0.2, 0.25) is 0 Å². The zero-order chi connectivity index (χ0) is 42.5. The highest BCUT2D eigenvalue weighted by atomic mass is 15.1. The van der Waals surface area contributed by atoms with Crippen LogP contribution in [0.1, 0.15) is 36.8 Å². The second-order valence-electron chi connectivity index (χ2n) is 17.5. The molecule has 1 heteroatoms. The zero-order valence-corrected chi connectivity index (χ0v) is 35.8. The summed E-state index contributed by atoms with van der Waals surface area (Å²) in [6, 6.07) is 87.5. The van der Waals surface area contributed by atoms with E-state index < -0.39 is 0 Å². The van der Waals surface area contributed by atoms with Crippen molar-refractivity contribution in [3.8, 4) is 66.8 Å². The van der Waals surface area contributed by atoms with Gasteiger partial charge in [0.05, 0.1) is 5.69 Å². The Bertz CT molecular complexity index is 3310. The highest BCUT2D eigenvalue weighted by Crippen LogP contribution is 2.58. The third-order valence-corrected chi connectivity index (χ3v) is 14.1. The summed E-state index contributed by atoms with van der Waals surface area (Å²) >= 11 is 0. The molecule has 1 fully saturated rings. The molecule has 2 aliphatic rings. The monoisotopic (exact) mass is 817 g/mol. The maximum Gasteiger partial charge on any atom is 0.0540 e. The van der Waals surface area contributed by atoms with Gasteiger partial charge >= 0.3 is 0 Å². The molecule has 0 N–H and O–H groups in total. The number of benzene rings is 10. The molecular weight excluding hydrogens is 771 g/mol. The summed E-state index contributed by atoms with van der Waals surface area (Å²) in [5.74, 6) is 0. The molecule has 0 radical (unpaired) electrons. The number of hydrogen-bond acceptors (Lipinski definition) is 1. The molecular formula is C63H47N. The van der Waals surface area contributed by atoms with Crippen molar-refractivity contribution in [3.63, 3.8) is 0 Å². The molecule has 10 aromatic carbocycles. The Hall–Kier alpha value is -7.74. The van der Waals surface area contributed by atoms with Crippen LogP contribution in [-0.2, 0) is 5.41 Å². The van der Waals surface area contributed by atoms with Crippen molar-refractivity contribution in [2.45, 2.75) is 31.1 Å². The van der Waals surface area contributed by atoms with Crippen LogP contribution in [-0.4, -0.2) is 0 Å². The molecule has 0 bridgehead atoms. The second kappa shape index (κ2) is 15.9. The van der Waals surface area contributed by atoms with Gasteiger partial charge in [0, 0.05) is 22.4 Å². The standard InChI is InChI=1S/C63H47N/c1-2-17-46(18-3-1)53-22-6-7-23-54(53)55-24-8-9-25-56(55)59-27-11-13-30-62(59)64(50-39-40-58-57-26-10-12-29-60(57)63(61(58)43-50)41-14-15-42-63)49-37-35-45(36-38-49)44-31-33-48(34-32-44)52-28-16-20-47-19-4-5-21-51(47)52/h1-13,16-40,43H,14-15,41-42H2. The SMILES string of the molecule is c1ccc(-c2ccccc2-c2ccccc2-c2ccccc2N(c2ccc(-c3ccc(-c4cccc5ccccc45)cc3)cc2)c2ccc3c(c2)C2(CCCC2)c2ccccc2-3)cc1. The van der Waals surface area contributed by atoms with Crippen molar-refractivity contribution in [1.82, 2.24) is 0 Å². The quantitative estimate of drug-likeness (QED) is 0.148. The molecule has 1 spiro atoms. The zero-order valence-electron chi connectivity index (χ0n) is 35.8. The number of rotatable bonds is 8. The first-order valence-electron chi connectivity index (χ1n) is 22.8. The topological polar surface area (TPSA) is 3.24 Å². The van der Waals surface area contributed by atoms with E-state index in [0.29, 0.717) is 0 Å². The first-order valence-corrected chi connectivity index (χ1v) is 22.8. The average Bonchev–Trinajstić information content (AvgIpc) is 3.98. The number of anilines is 3. The molecule has 304 valence electrons. The fraction of sp³-hybridized carbons (Fsp3) is 0.0794. The van der Waals surface area contributed by atoms with Crippen molar-refractivity contribution in [1.29, 1.82) is 0 Å². The third kappa shape index (κ3) is 6.39. The van der Waals surface area contributed by atoms with Gasteiger partial charge in [-0.15, -0.1) is 0 Å². The molecule has 0 saturated heterocycles. The summed E-state index contributed by atoms with van der Waals surface area (Å²) in [5, 5.41) is 2.54. The molecule has 0 aliphatic heterocycles. The van der Waals surface area contributed by atoms with E-state index in [1.54, 1.807) is 0 Å². The third-order valence-electron chi connectivity index (χ3n) is 14.1. The molecule has 1 nitrogen and oxygen atoms in total. The number of para-hydroxylation sites is 1. The lowest BCUT2D eigenvalue weighted by Crippen LogP contribution is -2.21. The summed E-state index contributed by atoms with van der Waals surface area (Å²) in [6.45, 7) is 0. The van der Waals surface area contributed by atoms with Gasteiger partial charge in [0.15, 0.2) is 0 Å². The van der Waals surface area contributed by atoms with Crippen molar-refractivity contribution >= 4 is 27.8 Å². The Morgan fingerprint density at radius 2 is 0.781 bits per heavy atom. The van der Waals surface area contributed by atoms with Gasteiger partial charge in [-0.1, -0.05) is 219 Å². The molecule has 2 aliphatic carbocycles. The van der Waals surface area contributed by atoms with Gasteiger partial charge in [-0.25, -0.2) is 0 Å². The maximum atomic E-state index is 2.54. The van der Waals surface area contributed by atoms with Crippen molar-refractivity contribution in [3.05, 3.63) is 248 Å². The van der Waals surface area contributed by atoms with Gasteiger partial charge < -0.3 is 4.90 Å². The second-order valence-corrected chi connectivity index (χ2v) is 17.5. The number of hydrogen-bond donors (Lipinski definition) is 0. The minimum absolute atomic E-state index is 0.0585. The summed E-state index contributed by atoms with van der Waals surface area (Å²) in [5.41, 5.74) is 21.4. The Morgan fingerprint density at radius 3 is 1.53 bits per heavy atom. The number of nitrogens with zero attached hydrogens (tertiary/aromatic N) is 1. The van der Waals surface area contributed by atoms with Gasteiger partial charge in [0.1, 0.15) is 0 Å². The summed E-state index contributed by atoms with van der Waals surface area (Å²) in [7, 11) is 0. The van der Waals surface area contributed by atoms with Crippen LogP contribution in [0, 0.1) is 0 Å². The van der Waals surface area contributed by atoms with E-state index in [0.717, 1.165) is 11.4 Å². The minimum Gasteiger partial charge on any atom is -0.310 e. The van der Waals surface area contributed by atoms with Crippen LogP contribution in [0.15, 0.2) is 237 Å². The van der Waals surface area contributed by atoms with Gasteiger partial charge in [-0.3, -0.25) is 0 Å². The normalized spacial score (nSPS) is 13.5. The van der Waals surface area contributed by atoms with Crippen LogP contribution in [0.3, 0.4) is 0 Å². The van der Waals surface area contributed by atoms with E-state index in [4.69, 9.17) is 0 Å². The molecule has 0 aromatic heterocycles. The van der Waals surface area contributed by atoms with E-state index in [1.807, 2.05) is 0 Å². The first kappa shape index (κ1) is 38.0. The molecule has 0 atom stereocenters. The van der Waals surface area contributed by atoms with Crippen LogP contribution in [0.25, 0.3) is 77.5 Å². The van der Waals surface area contributed by atoms with Crippen LogP contribution in [0.5, 0.6) is 0 Å². The Labute approximate surface area is 376 Å². The average molecular weight is 818 g/mol. The molecule has 64 heavy (non-hydrogen) atoms. The molecule has 0 unspecified atom stereocenters. The minimum atomic E-state index is 0.0585. The summed E-state index contributed by atoms with van der Waals surface area (Å²) in [6.07, 6.45) is 4.91. The highest BCUT2D eigenvalue weighted by molar-refractivity contribution is 5.99. The predicted molar refractivity (Wildman–Crippen MR) is 270 cm³/mol. The van der Waals surface area contributed by atoms with Crippen molar-refractivity contribution in [2.75, 3.05) is 4.90 Å². The maximum absolute atomic E-state index is 2.54. The van der Waals surface area contributed by atoms with Crippen LogP contribution >= 0.6 is 0 Å². The highest BCUT2D eigenvalue weighted by Gasteiger charge is 2.45. The Morgan fingerprint density at radius 1 is 0.297 bits per heavy atom. The smallest absolute Gasteiger partial charge is 0.0540 e. The lowest BCUT2D eigenvalue weighted by atomic mass is 9.76. The van der Waals surface area contributed by atoms with E-state index in [2.05, 4.69) is 241 Å². The van der Waals surface area contributed by atoms with Gasteiger partial charge in [-0.05, 0) is 126 Å². The molecule has 10 aromatic rings. The largest absolute Gasteiger partial charge is 0.310 e. The van der Waals surface area contributed by atoms with Gasteiger partial charge in [-0.2, -0.15) is 0 Å². The first-order chi connectivity index (χ1) is 31.7. The van der Waals surface area contributed by atoms with E-state index in [1.165, 1.54) is 120 Å². The fourth-order valence-corrected chi connectivity index (χ4v) is 11.1. The van der Waals surface area contributed by atoms with E-state index >= 15 is 0 Å². The Balaban J connectivity index is 0.995. The molecule has 12 rings (SSSR count). The lowest BCUT2D eigenvalue weighted by Gasteiger charge is -2.31. The summed E-state index contributed by atoms with van der Waals surface area (Å²) in [4.78, 5) is 2.51. The molecule has 1 saturated carbocycles. The molecule has 0 amide bonds. The van der Waals surface area contributed by atoms with Crippen LogP contribution in [0.2, 0.25) is 0 Å². The molecule has 0 heterocycles. The predicted octanol–water partition coefficient (Wildman–Crippen LogP) is 17.5. The van der Waals surface area contributed by atoms with Crippen LogP contribution in [0.4, 0.5) is 17.1 Å². The van der Waals surface area contributed by atoms with Crippen molar-refractivity contribution < 1.29 is 0 Å². The number of fused-ring (bicyclic) bond motifs is 6. The van der Waals surface area contributed by atoms with E-state index in [-0.39, 0.29) is 5.41 Å². The van der Waals surface area contributed by atoms with Crippen LogP contribution < -0.4 is 4.90 Å². The lowest BCUT2D eigenvalue weighted by molar-refractivity contribution is 0.550.